The molecule has 5 nitrogen and oxygen atoms in total. The number of methoxy groups -OCH3 is 1. The fourth-order valence-corrected chi connectivity index (χ4v) is 2.90. The van der Waals surface area contributed by atoms with Gasteiger partial charge in [0.1, 0.15) is 11.3 Å². The van der Waals surface area contributed by atoms with Crippen LogP contribution in [0.1, 0.15) is 11.3 Å². The summed E-state index contributed by atoms with van der Waals surface area (Å²) in [5.74, 6) is 2.76. The van der Waals surface area contributed by atoms with Gasteiger partial charge in [-0.2, -0.15) is 0 Å². The van der Waals surface area contributed by atoms with Gasteiger partial charge in [-0.3, -0.25) is 0 Å². The van der Waals surface area contributed by atoms with Crippen molar-refractivity contribution in [2.75, 3.05) is 7.11 Å². The molecule has 0 unspecified atom stereocenters. The largest absolute Gasteiger partial charge is 0.493 e. The minimum Gasteiger partial charge on any atom is -0.493 e. The summed E-state index contributed by atoms with van der Waals surface area (Å²) < 4.78 is 17.2. The average Bonchev–Trinajstić information content (AvgIpc) is 3.12. The number of ether oxygens (including phenoxy) is 2. The van der Waals surface area contributed by atoms with Crippen molar-refractivity contribution >= 4 is 11.0 Å². The monoisotopic (exact) mass is 360 g/mol. The molecule has 2 heterocycles. The molecule has 0 amide bonds. The van der Waals surface area contributed by atoms with Crippen molar-refractivity contribution in [1.82, 2.24) is 10.3 Å². The molecule has 0 saturated heterocycles. The summed E-state index contributed by atoms with van der Waals surface area (Å²) in [6, 6.07) is 21.5. The van der Waals surface area contributed by atoms with E-state index in [0.29, 0.717) is 30.5 Å². The number of aromatic nitrogens is 1. The number of hydrogen-bond acceptors (Lipinski definition) is 5. The van der Waals surface area contributed by atoms with Gasteiger partial charge >= 0.3 is 0 Å². The number of hydrogen-bond donors (Lipinski definition) is 1. The highest BCUT2D eigenvalue weighted by molar-refractivity contribution is 5.77. The van der Waals surface area contributed by atoms with Crippen LogP contribution in [0.2, 0.25) is 0 Å². The zero-order chi connectivity index (χ0) is 18.5. The van der Waals surface area contributed by atoms with Crippen LogP contribution in [0.25, 0.3) is 11.0 Å². The second kappa shape index (κ2) is 7.93. The Kier molecular flexibility index (Phi) is 5.03. The van der Waals surface area contributed by atoms with Crippen LogP contribution in [0.4, 0.5) is 0 Å². The summed E-state index contributed by atoms with van der Waals surface area (Å²) in [5, 5.41) is 4.50. The first-order valence-electron chi connectivity index (χ1n) is 8.76. The molecule has 5 heteroatoms. The highest BCUT2D eigenvalue weighted by Crippen LogP contribution is 2.31. The summed E-state index contributed by atoms with van der Waals surface area (Å²) in [5.41, 5.74) is 1.86. The predicted molar refractivity (Wildman–Crippen MR) is 104 cm³/mol. The summed E-state index contributed by atoms with van der Waals surface area (Å²) >= 11 is 0. The topological polar surface area (TPSA) is 56.5 Å². The Labute approximate surface area is 157 Å². The molecule has 0 atom stereocenters. The third-order valence-corrected chi connectivity index (χ3v) is 4.22. The Bertz CT molecular complexity index is 1010. The van der Waals surface area contributed by atoms with Gasteiger partial charge in [0.15, 0.2) is 11.5 Å². The van der Waals surface area contributed by atoms with E-state index in [1.54, 1.807) is 13.3 Å². The smallest absolute Gasteiger partial charge is 0.223 e. The molecule has 1 N–H and O–H groups in total. The first-order valence-corrected chi connectivity index (χ1v) is 8.76. The maximum absolute atomic E-state index is 5.98. The second-order valence-corrected chi connectivity index (χ2v) is 6.07. The van der Waals surface area contributed by atoms with Crippen molar-refractivity contribution in [2.45, 2.75) is 13.1 Å². The van der Waals surface area contributed by atoms with E-state index in [0.717, 1.165) is 22.3 Å². The number of rotatable bonds is 7. The number of nitrogens with one attached hydrogen (secondary N) is 1. The maximum atomic E-state index is 5.98. The standard InChI is InChI=1S/C22H20N2O3/c1-25-20-10-4-5-11-21(20)27-22-17(8-6-12-24-22)14-23-15-18-13-16-7-2-3-9-19(16)26-18/h2-13,23H,14-15H2,1H3. The van der Waals surface area contributed by atoms with Crippen molar-refractivity contribution in [3.05, 3.63) is 84.3 Å². The van der Waals surface area contributed by atoms with Crippen molar-refractivity contribution in [3.8, 4) is 17.4 Å². The predicted octanol–water partition coefficient (Wildman–Crippen LogP) is 4.92. The zero-order valence-electron chi connectivity index (χ0n) is 15.0. The van der Waals surface area contributed by atoms with E-state index in [2.05, 4.69) is 16.4 Å². The number of furan rings is 1. The van der Waals surface area contributed by atoms with Crippen molar-refractivity contribution in [3.63, 3.8) is 0 Å². The minimum absolute atomic E-state index is 0.555. The Hall–Kier alpha value is -3.31. The number of para-hydroxylation sites is 3. The van der Waals surface area contributed by atoms with E-state index in [4.69, 9.17) is 13.9 Å². The molecule has 0 radical (unpaired) electrons. The minimum atomic E-state index is 0.555. The Morgan fingerprint density at radius 3 is 2.59 bits per heavy atom. The highest BCUT2D eigenvalue weighted by atomic mass is 16.5. The van der Waals surface area contributed by atoms with Gasteiger partial charge in [0, 0.05) is 23.7 Å². The fraction of sp³-hybridized carbons (Fsp3) is 0.136. The third kappa shape index (κ3) is 3.93. The van der Waals surface area contributed by atoms with E-state index >= 15 is 0 Å². The molecule has 0 fully saturated rings. The van der Waals surface area contributed by atoms with Crippen LogP contribution in [0, 0.1) is 0 Å². The summed E-state index contributed by atoms with van der Waals surface area (Å²) in [6.07, 6.45) is 1.72. The van der Waals surface area contributed by atoms with E-state index in [9.17, 15) is 0 Å². The van der Waals surface area contributed by atoms with Crippen LogP contribution in [-0.2, 0) is 13.1 Å². The second-order valence-electron chi connectivity index (χ2n) is 6.07. The van der Waals surface area contributed by atoms with E-state index in [-0.39, 0.29) is 0 Å². The first-order chi connectivity index (χ1) is 13.3. The molecule has 0 spiro atoms. The first kappa shape index (κ1) is 17.1. The lowest BCUT2D eigenvalue weighted by molar-refractivity contribution is 0.372. The van der Waals surface area contributed by atoms with Crippen LogP contribution in [-0.4, -0.2) is 12.1 Å². The molecule has 2 aromatic carbocycles. The lowest BCUT2D eigenvalue weighted by atomic mass is 10.2. The molecule has 27 heavy (non-hydrogen) atoms. The number of nitrogens with zero attached hydrogens (tertiary/aromatic N) is 1. The number of pyridine rings is 1. The van der Waals surface area contributed by atoms with Gasteiger partial charge in [-0.15, -0.1) is 0 Å². The summed E-state index contributed by atoms with van der Waals surface area (Å²) in [6.45, 7) is 1.23. The summed E-state index contributed by atoms with van der Waals surface area (Å²) in [4.78, 5) is 4.37. The van der Waals surface area contributed by atoms with E-state index in [1.165, 1.54) is 0 Å². The van der Waals surface area contributed by atoms with E-state index < -0.39 is 0 Å². The summed E-state index contributed by atoms with van der Waals surface area (Å²) in [7, 11) is 1.62. The van der Waals surface area contributed by atoms with Crippen LogP contribution >= 0.6 is 0 Å². The molecule has 0 saturated carbocycles. The lowest BCUT2D eigenvalue weighted by Crippen LogP contribution is -2.13. The molecule has 4 rings (SSSR count). The lowest BCUT2D eigenvalue weighted by Gasteiger charge is -2.12. The molecule has 136 valence electrons. The van der Waals surface area contributed by atoms with Crippen molar-refractivity contribution in [1.29, 1.82) is 0 Å². The third-order valence-electron chi connectivity index (χ3n) is 4.22. The Morgan fingerprint density at radius 1 is 0.926 bits per heavy atom. The molecule has 2 aromatic heterocycles. The van der Waals surface area contributed by atoms with Crippen molar-refractivity contribution < 1.29 is 13.9 Å². The molecular weight excluding hydrogens is 340 g/mol. The van der Waals surface area contributed by atoms with Gasteiger partial charge in [-0.05, 0) is 30.3 Å². The van der Waals surface area contributed by atoms with Crippen LogP contribution in [0.5, 0.6) is 17.4 Å². The van der Waals surface area contributed by atoms with Gasteiger partial charge < -0.3 is 19.2 Å². The normalized spacial score (nSPS) is 10.9. The number of fused-ring (bicyclic) bond motifs is 1. The molecule has 0 aliphatic carbocycles. The van der Waals surface area contributed by atoms with E-state index in [1.807, 2.05) is 60.7 Å². The molecule has 0 aliphatic rings. The van der Waals surface area contributed by atoms with Crippen LogP contribution in [0.3, 0.4) is 0 Å². The fourth-order valence-electron chi connectivity index (χ4n) is 2.90. The Morgan fingerprint density at radius 2 is 1.74 bits per heavy atom. The van der Waals surface area contributed by atoms with Gasteiger partial charge in [-0.25, -0.2) is 4.98 Å². The number of benzene rings is 2. The highest BCUT2D eigenvalue weighted by Gasteiger charge is 2.10. The van der Waals surface area contributed by atoms with Crippen LogP contribution in [0.15, 0.2) is 77.3 Å². The van der Waals surface area contributed by atoms with Gasteiger partial charge in [0.05, 0.1) is 13.7 Å². The maximum Gasteiger partial charge on any atom is 0.223 e. The molecular formula is C22H20N2O3. The molecule has 0 aliphatic heterocycles. The quantitative estimate of drug-likeness (QED) is 0.507. The van der Waals surface area contributed by atoms with Gasteiger partial charge in [0.2, 0.25) is 5.88 Å². The van der Waals surface area contributed by atoms with Crippen molar-refractivity contribution in [2.24, 2.45) is 0 Å². The van der Waals surface area contributed by atoms with Gasteiger partial charge in [0.25, 0.3) is 0 Å². The van der Waals surface area contributed by atoms with Gasteiger partial charge in [-0.1, -0.05) is 36.4 Å². The molecule has 0 bridgehead atoms. The Balaban J connectivity index is 1.45. The van der Waals surface area contributed by atoms with Crippen LogP contribution < -0.4 is 14.8 Å². The SMILES string of the molecule is COc1ccccc1Oc1ncccc1CNCc1cc2ccccc2o1. The molecule has 4 aromatic rings. The zero-order valence-corrected chi connectivity index (χ0v) is 15.0. The average molecular weight is 360 g/mol.